The van der Waals surface area contributed by atoms with E-state index < -0.39 is 23.2 Å². The Balaban J connectivity index is 2.85. The molecule has 0 bridgehead atoms. The van der Waals surface area contributed by atoms with E-state index in [9.17, 15) is 22.4 Å². The van der Waals surface area contributed by atoms with Crippen LogP contribution in [0, 0.1) is 12.7 Å². The second-order valence-electron chi connectivity index (χ2n) is 4.87. The number of nitrogens with zero attached hydrogens (tertiary/aromatic N) is 1. The Hall–Kier alpha value is -1.92. The van der Waals surface area contributed by atoms with Crippen LogP contribution in [0.15, 0.2) is 10.9 Å². The molecule has 0 spiro atoms. The van der Waals surface area contributed by atoms with E-state index >= 15 is 0 Å². The van der Waals surface area contributed by atoms with Crippen molar-refractivity contribution in [3.05, 3.63) is 39.1 Å². The summed E-state index contributed by atoms with van der Waals surface area (Å²) in [5.41, 5.74) is -1.79. The first-order valence-corrected chi connectivity index (χ1v) is 5.93. The maximum Gasteiger partial charge on any atom is 0.434 e. The van der Waals surface area contributed by atoms with Crippen molar-refractivity contribution in [2.45, 2.75) is 32.9 Å². The van der Waals surface area contributed by atoms with Crippen LogP contribution in [-0.2, 0) is 6.18 Å². The van der Waals surface area contributed by atoms with Crippen LogP contribution in [0.1, 0.15) is 36.6 Å². The zero-order valence-electron chi connectivity index (χ0n) is 11.0. The average Bonchev–Trinajstić information content (AvgIpc) is 2.31. The number of pyridine rings is 2. The van der Waals surface area contributed by atoms with Gasteiger partial charge in [0.2, 0.25) is 0 Å². The van der Waals surface area contributed by atoms with Gasteiger partial charge in [-0.3, -0.25) is 4.79 Å². The lowest BCUT2D eigenvalue weighted by molar-refractivity contribution is -0.143. The van der Waals surface area contributed by atoms with Gasteiger partial charge < -0.3 is 4.98 Å². The fourth-order valence-corrected chi connectivity index (χ4v) is 1.98. The van der Waals surface area contributed by atoms with E-state index in [1.807, 2.05) is 4.98 Å². The van der Waals surface area contributed by atoms with E-state index in [0.29, 0.717) is 5.56 Å². The van der Waals surface area contributed by atoms with Crippen LogP contribution < -0.4 is 5.56 Å². The third-order valence-corrected chi connectivity index (χ3v) is 3.12. The Bertz CT molecular complexity index is 688. The molecule has 0 saturated carbocycles. The van der Waals surface area contributed by atoms with Gasteiger partial charge in [-0.15, -0.1) is 0 Å². The maximum absolute atomic E-state index is 13.8. The van der Waals surface area contributed by atoms with Crippen LogP contribution >= 0.6 is 0 Å². The van der Waals surface area contributed by atoms with Crippen molar-refractivity contribution in [1.29, 1.82) is 0 Å². The minimum Gasteiger partial charge on any atom is -0.333 e. The standard InChI is InChI=1S/C13H12F4N2O/c1-5(2)7-4-8-6(3)9(14)10(13(15,16)17)18-11(8)19-12(7)20/h4-5H,1-3H3,(H,18,19,20). The smallest absolute Gasteiger partial charge is 0.333 e. The lowest BCUT2D eigenvalue weighted by Gasteiger charge is -2.16. The van der Waals surface area contributed by atoms with Crippen molar-refractivity contribution in [3.8, 4) is 11.4 Å². The number of halogens is 4. The molecule has 3 nitrogen and oxygen atoms in total. The van der Waals surface area contributed by atoms with Gasteiger partial charge >= 0.3 is 6.18 Å². The molecular formula is C13H12F4N2O. The highest BCUT2D eigenvalue weighted by Crippen LogP contribution is 2.35. The molecule has 1 N–H and O–H groups in total. The zero-order valence-corrected chi connectivity index (χ0v) is 11.0. The first kappa shape index (κ1) is 14.5. The molecule has 7 heteroatoms. The number of H-pyrrole nitrogens is 1. The van der Waals surface area contributed by atoms with Crippen molar-refractivity contribution < 1.29 is 17.6 Å². The molecule has 0 aliphatic carbocycles. The molecule has 2 heterocycles. The molecule has 0 amide bonds. The van der Waals surface area contributed by atoms with E-state index in [2.05, 4.69) is 4.98 Å². The predicted octanol–water partition coefficient (Wildman–Crippen LogP) is 3.46. The van der Waals surface area contributed by atoms with Crippen LogP contribution in [0.5, 0.6) is 0 Å². The summed E-state index contributed by atoms with van der Waals surface area (Å²) in [6.45, 7) is 4.74. The molecule has 20 heavy (non-hydrogen) atoms. The van der Waals surface area contributed by atoms with E-state index in [0.717, 1.165) is 0 Å². The van der Waals surface area contributed by atoms with Crippen molar-refractivity contribution in [3.63, 3.8) is 0 Å². The zero-order chi connectivity index (χ0) is 15.2. The Kier molecular flexibility index (Phi) is 3.31. The first-order valence-electron chi connectivity index (χ1n) is 5.93. The predicted molar refractivity (Wildman–Crippen MR) is 65.3 cm³/mol. The molecule has 2 aliphatic heterocycles. The van der Waals surface area contributed by atoms with Gasteiger partial charge in [-0.05, 0) is 24.5 Å². The highest BCUT2D eigenvalue weighted by Gasteiger charge is 2.37. The van der Waals surface area contributed by atoms with E-state index in [-0.39, 0.29) is 22.9 Å². The van der Waals surface area contributed by atoms with Gasteiger partial charge in [-0.25, -0.2) is 4.39 Å². The molecule has 2 aliphatic rings. The highest BCUT2D eigenvalue weighted by molar-refractivity contribution is 5.63. The largest absolute Gasteiger partial charge is 0.434 e. The Labute approximate surface area is 112 Å². The number of rotatable bonds is 1. The molecule has 0 aromatic rings. The summed E-state index contributed by atoms with van der Waals surface area (Å²) in [6.07, 6.45) is -4.87. The van der Waals surface area contributed by atoms with Crippen molar-refractivity contribution in [2.75, 3.05) is 0 Å². The molecule has 0 aromatic carbocycles. The van der Waals surface area contributed by atoms with Crippen molar-refractivity contribution in [1.82, 2.24) is 9.97 Å². The van der Waals surface area contributed by atoms with Crippen LogP contribution in [-0.4, -0.2) is 9.97 Å². The number of hydrogen-bond acceptors (Lipinski definition) is 2. The van der Waals surface area contributed by atoms with E-state index in [1.54, 1.807) is 13.8 Å². The minimum atomic E-state index is -4.87. The number of alkyl halides is 3. The molecule has 0 saturated heterocycles. The fourth-order valence-electron chi connectivity index (χ4n) is 1.98. The van der Waals surface area contributed by atoms with Gasteiger partial charge in [0.15, 0.2) is 11.5 Å². The number of aromatic amines is 1. The van der Waals surface area contributed by atoms with Crippen LogP contribution in [0.25, 0.3) is 11.4 Å². The van der Waals surface area contributed by atoms with E-state index in [4.69, 9.17) is 0 Å². The summed E-state index contributed by atoms with van der Waals surface area (Å²) in [4.78, 5) is 17.2. The summed E-state index contributed by atoms with van der Waals surface area (Å²) in [7, 11) is 0. The molecule has 2 rings (SSSR count). The molecule has 0 aromatic heterocycles. The third-order valence-electron chi connectivity index (χ3n) is 3.12. The SMILES string of the molecule is Cc1c2cc(C(C)C)c(=O)nc-2[nH]c(C(F)(F)F)c1F. The summed E-state index contributed by atoms with van der Waals surface area (Å²) in [5.74, 6) is -1.78. The molecule has 0 unspecified atom stereocenters. The number of fused-ring (bicyclic) bond motifs is 1. The van der Waals surface area contributed by atoms with Crippen LogP contribution in [0.3, 0.4) is 0 Å². The van der Waals surface area contributed by atoms with Crippen molar-refractivity contribution >= 4 is 0 Å². The monoisotopic (exact) mass is 288 g/mol. The highest BCUT2D eigenvalue weighted by atomic mass is 19.4. The average molecular weight is 288 g/mol. The second-order valence-corrected chi connectivity index (χ2v) is 4.87. The molecule has 0 atom stereocenters. The Morgan fingerprint density at radius 2 is 1.90 bits per heavy atom. The second kappa shape index (κ2) is 4.57. The normalized spacial score (nSPS) is 12.4. The quantitative estimate of drug-likeness (QED) is 0.817. The van der Waals surface area contributed by atoms with Crippen LogP contribution in [0.4, 0.5) is 17.6 Å². The molecule has 108 valence electrons. The molecular weight excluding hydrogens is 276 g/mol. The summed E-state index contributed by atoms with van der Waals surface area (Å²) in [5, 5.41) is 0. The van der Waals surface area contributed by atoms with Gasteiger partial charge in [0.05, 0.1) is 0 Å². The minimum absolute atomic E-state index is 0.149. The summed E-state index contributed by atoms with van der Waals surface area (Å²) in [6, 6.07) is 1.39. The Morgan fingerprint density at radius 3 is 2.40 bits per heavy atom. The molecule has 0 fully saturated rings. The maximum atomic E-state index is 13.8. The number of aromatic nitrogens is 2. The van der Waals surface area contributed by atoms with Crippen LogP contribution in [0.2, 0.25) is 0 Å². The summed E-state index contributed by atoms with van der Waals surface area (Å²) < 4.78 is 51.9. The lowest BCUT2D eigenvalue weighted by Crippen LogP contribution is -2.20. The number of hydrogen-bond donors (Lipinski definition) is 1. The van der Waals surface area contributed by atoms with Gasteiger partial charge in [-0.1, -0.05) is 13.8 Å². The number of nitrogens with one attached hydrogen (secondary N) is 1. The molecule has 0 radical (unpaired) electrons. The third kappa shape index (κ3) is 2.28. The van der Waals surface area contributed by atoms with E-state index in [1.165, 1.54) is 13.0 Å². The fraction of sp³-hybridized carbons (Fsp3) is 0.385. The van der Waals surface area contributed by atoms with Gasteiger partial charge in [0.25, 0.3) is 5.56 Å². The topological polar surface area (TPSA) is 45.8 Å². The van der Waals surface area contributed by atoms with Crippen molar-refractivity contribution in [2.24, 2.45) is 0 Å². The lowest BCUT2D eigenvalue weighted by atomic mass is 9.99. The van der Waals surface area contributed by atoms with Gasteiger partial charge in [0, 0.05) is 11.1 Å². The first-order chi connectivity index (χ1) is 9.12. The summed E-state index contributed by atoms with van der Waals surface area (Å²) >= 11 is 0. The van der Waals surface area contributed by atoms with Gasteiger partial charge in [-0.2, -0.15) is 18.2 Å². The Morgan fingerprint density at radius 1 is 1.30 bits per heavy atom. The van der Waals surface area contributed by atoms with Gasteiger partial charge in [0.1, 0.15) is 5.82 Å².